The van der Waals surface area contributed by atoms with Gasteiger partial charge in [-0.05, 0) is 16.7 Å². The summed E-state index contributed by atoms with van der Waals surface area (Å²) >= 11 is 0. The Balaban J connectivity index is 0.00000261. The molecule has 2 aromatic rings. The molecule has 146 valence electrons. The predicted molar refractivity (Wildman–Crippen MR) is 108 cm³/mol. The van der Waals surface area contributed by atoms with Crippen LogP contribution in [-0.2, 0) is 34.0 Å². The highest BCUT2D eigenvalue weighted by molar-refractivity contribution is 5.85. The van der Waals surface area contributed by atoms with Crippen LogP contribution in [0.4, 0.5) is 0 Å². The fourth-order valence-corrected chi connectivity index (χ4v) is 2.94. The van der Waals surface area contributed by atoms with Crippen molar-refractivity contribution in [2.75, 3.05) is 19.8 Å². The number of amides is 1. The van der Waals surface area contributed by atoms with E-state index >= 15 is 0 Å². The van der Waals surface area contributed by atoms with E-state index in [0.29, 0.717) is 32.8 Å². The summed E-state index contributed by atoms with van der Waals surface area (Å²) in [6, 6.07) is 18.4. The Labute approximate surface area is 166 Å². The van der Waals surface area contributed by atoms with E-state index in [9.17, 15) is 4.79 Å². The van der Waals surface area contributed by atoms with Crippen LogP contribution in [0, 0.1) is 0 Å². The number of ether oxygens (including phenoxy) is 2. The van der Waals surface area contributed by atoms with Crippen molar-refractivity contribution in [1.29, 1.82) is 0 Å². The maximum atomic E-state index is 12.1. The molecule has 27 heavy (non-hydrogen) atoms. The largest absolute Gasteiger partial charge is 0.378 e. The van der Waals surface area contributed by atoms with E-state index in [4.69, 9.17) is 9.47 Å². The van der Waals surface area contributed by atoms with Gasteiger partial charge in [-0.2, -0.15) is 0 Å². The molecule has 1 heterocycles. The Kier molecular flexibility index (Phi) is 9.28. The maximum absolute atomic E-state index is 12.1. The second-order valence-corrected chi connectivity index (χ2v) is 6.51. The fourth-order valence-electron chi connectivity index (χ4n) is 2.94. The van der Waals surface area contributed by atoms with Crippen molar-refractivity contribution < 1.29 is 14.3 Å². The van der Waals surface area contributed by atoms with Crippen molar-refractivity contribution in [1.82, 2.24) is 10.6 Å². The molecule has 1 unspecified atom stereocenters. The zero-order valence-electron chi connectivity index (χ0n) is 15.4. The van der Waals surface area contributed by atoms with Crippen molar-refractivity contribution in [2.45, 2.75) is 32.2 Å². The van der Waals surface area contributed by atoms with E-state index in [1.165, 1.54) is 0 Å². The second-order valence-electron chi connectivity index (χ2n) is 6.51. The maximum Gasteiger partial charge on any atom is 0.221 e. The molecule has 0 spiro atoms. The fraction of sp³-hybridized carbons (Fsp3) is 0.381. The van der Waals surface area contributed by atoms with Crippen molar-refractivity contribution in [3.05, 3.63) is 71.3 Å². The monoisotopic (exact) mass is 390 g/mol. The van der Waals surface area contributed by atoms with Gasteiger partial charge in [0.1, 0.15) is 0 Å². The van der Waals surface area contributed by atoms with Gasteiger partial charge in [0.15, 0.2) is 0 Å². The van der Waals surface area contributed by atoms with Crippen molar-refractivity contribution in [3.63, 3.8) is 0 Å². The molecule has 2 N–H and O–H groups in total. The SMILES string of the molecule is Cl.O=C(CC1COCCN1)NCc1cccc(COCc2ccccc2)c1. The minimum absolute atomic E-state index is 0. The number of nitrogens with one attached hydrogen (secondary N) is 2. The Morgan fingerprint density at radius 3 is 2.59 bits per heavy atom. The van der Waals surface area contributed by atoms with Crippen LogP contribution in [0.5, 0.6) is 0 Å². The third-order valence-corrected chi connectivity index (χ3v) is 4.29. The quantitative estimate of drug-likeness (QED) is 0.727. The van der Waals surface area contributed by atoms with E-state index in [2.05, 4.69) is 28.8 Å². The smallest absolute Gasteiger partial charge is 0.221 e. The predicted octanol–water partition coefficient (Wildman–Crippen LogP) is 2.82. The third-order valence-electron chi connectivity index (χ3n) is 4.29. The van der Waals surface area contributed by atoms with Gasteiger partial charge in [0.2, 0.25) is 5.91 Å². The van der Waals surface area contributed by atoms with Crippen LogP contribution in [0.1, 0.15) is 23.1 Å². The molecule has 3 rings (SSSR count). The molecule has 1 aliphatic rings. The van der Waals surface area contributed by atoms with Crippen molar-refractivity contribution in [2.24, 2.45) is 0 Å². The molecule has 0 radical (unpaired) electrons. The minimum atomic E-state index is 0. The van der Waals surface area contributed by atoms with Gasteiger partial charge in [0, 0.05) is 25.6 Å². The van der Waals surface area contributed by atoms with Gasteiger partial charge in [-0.3, -0.25) is 4.79 Å². The average molecular weight is 391 g/mol. The van der Waals surface area contributed by atoms with Gasteiger partial charge in [-0.15, -0.1) is 12.4 Å². The number of carbonyl (C=O) groups excluding carboxylic acids is 1. The highest BCUT2D eigenvalue weighted by Gasteiger charge is 2.16. The number of benzene rings is 2. The van der Waals surface area contributed by atoms with Crippen LogP contribution in [0.2, 0.25) is 0 Å². The van der Waals surface area contributed by atoms with Crippen LogP contribution in [0.25, 0.3) is 0 Å². The molecule has 5 nitrogen and oxygen atoms in total. The Bertz CT molecular complexity index is 691. The van der Waals surface area contributed by atoms with E-state index in [0.717, 1.165) is 29.8 Å². The molecule has 0 saturated carbocycles. The molecular weight excluding hydrogens is 364 g/mol. The highest BCUT2D eigenvalue weighted by atomic mass is 35.5. The zero-order valence-corrected chi connectivity index (χ0v) is 16.2. The van der Waals surface area contributed by atoms with Gasteiger partial charge < -0.3 is 20.1 Å². The van der Waals surface area contributed by atoms with Gasteiger partial charge in [-0.25, -0.2) is 0 Å². The lowest BCUT2D eigenvalue weighted by atomic mass is 10.1. The number of hydrogen-bond donors (Lipinski definition) is 2. The van der Waals surface area contributed by atoms with Crippen molar-refractivity contribution in [3.8, 4) is 0 Å². The number of halogens is 1. The molecule has 1 saturated heterocycles. The lowest BCUT2D eigenvalue weighted by Crippen LogP contribution is -2.44. The first-order valence-electron chi connectivity index (χ1n) is 9.07. The van der Waals surface area contributed by atoms with E-state index in [1.807, 2.05) is 36.4 Å². The Morgan fingerprint density at radius 1 is 1.07 bits per heavy atom. The van der Waals surface area contributed by atoms with Crippen LogP contribution in [-0.4, -0.2) is 31.7 Å². The first-order chi connectivity index (χ1) is 12.8. The highest BCUT2D eigenvalue weighted by Crippen LogP contribution is 2.09. The standard InChI is InChI=1S/C21H26N2O3.ClH/c24-21(12-20-16-25-10-9-22-20)23-13-18-7-4-8-19(11-18)15-26-14-17-5-2-1-3-6-17;/h1-8,11,20,22H,9-10,12-16H2,(H,23,24);1H. The first kappa shape index (κ1) is 21.4. The molecule has 0 aromatic heterocycles. The normalized spacial score (nSPS) is 16.4. The van der Waals surface area contributed by atoms with Crippen LogP contribution in [0.3, 0.4) is 0 Å². The Morgan fingerprint density at radius 2 is 1.81 bits per heavy atom. The lowest BCUT2D eigenvalue weighted by molar-refractivity contribution is -0.122. The topological polar surface area (TPSA) is 59.6 Å². The number of carbonyl (C=O) groups is 1. The lowest BCUT2D eigenvalue weighted by Gasteiger charge is -2.23. The van der Waals surface area contributed by atoms with E-state index < -0.39 is 0 Å². The molecular formula is C21H27ClN2O3. The van der Waals surface area contributed by atoms with Crippen LogP contribution >= 0.6 is 12.4 Å². The van der Waals surface area contributed by atoms with Gasteiger partial charge in [-0.1, -0.05) is 54.6 Å². The molecule has 1 fully saturated rings. The van der Waals surface area contributed by atoms with Crippen LogP contribution < -0.4 is 10.6 Å². The molecule has 1 aliphatic heterocycles. The number of morpholine rings is 1. The van der Waals surface area contributed by atoms with Gasteiger partial charge >= 0.3 is 0 Å². The molecule has 6 heteroatoms. The molecule has 0 bridgehead atoms. The summed E-state index contributed by atoms with van der Waals surface area (Å²) in [5, 5.41) is 6.27. The molecule has 1 amide bonds. The summed E-state index contributed by atoms with van der Waals surface area (Å²) in [7, 11) is 0. The molecule has 0 aliphatic carbocycles. The molecule has 1 atom stereocenters. The summed E-state index contributed by atoms with van der Waals surface area (Å²) in [5.74, 6) is 0.0405. The van der Waals surface area contributed by atoms with Crippen molar-refractivity contribution >= 4 is 18.3 Å². The van der Waals surface area contributed by atoms with E-state index in [-0.39, 0.29) is 24.4 Å². The second kappa shape index (κ2) is 11.7. The summed E-state index contributed by atoms with van der Waals surface area (Å²) in [5.41, 5.74) is 3.35. The van der Waals surface area contributed by atoms with Gasteiger partial charge in [0.05, 0.1) is 26.4 Å². The Hall–Kier alpha value is -1.92. The van der Waals surface area contributed by atoms with Crippen LogP contribution in [0.15, 0.2) is 54.6 Å². The summed E-state index contributed by atoms with van der Waals surface area (Å²) in [6.45, 7) is 3.80. The summed E-state index contributed by atoms with van der Waals surface area (Å²) in [6.07, 6.45) is 0.444. The third kappa shape index (κ3) is 7.69. The summed E-state index contributed by atoms with van der Waals surface area (Å²) in [4.78, 5) is 12.1. The number of rotatable bonds is 8. The minimum Gasteiger partial charge on any atom is -0.378 e. The zero-order chi connectivity index (χ0) is 18.0. The summed E-state index contributed by atoms with van der Waals surface area (Å²) < 4.78 is 11.2. The van der Waals surface area contributed by atoms with Gasteiger partial charge in [0.25, 0.3) is 0 Å². The first-order valence-corrected chi connectivity index (χ1v) is 9.07. The van der Waals surface area contributed by atoms with E-state index in [1.54, 1.807) is 0 Å². The molecule has 2 aromatic carbocycles. The average Bonchev–Trinajstić information content (AvgIpc) is 2.68. The number of hydrogen-bond acceptors (Lipinski definition) is 4.